The molecule has 23 heavy (non-hydrogen) atoms. The van der Waals surface area contributed by atoms with Crippen LogP contribution in [0.3, 0.4) is 0 Å². The maximum Gasteiger partial charge on any atom is 0.273 e. The van der Waals surface area contributed by atoms with Crippen molar-refractivity contribution in [3.8, 4) is 11.5 Å². The lowest BCUT2D eigenvalue weighted by atomic mass is 10.1. The number of nitrogens with one attached hydrogen (secondary N) is 1. The predicted octanol–water partition coefficient (Wildman–Crippen LogP) is 1.68. The number of hydrogen-bond donors (Lipinski definition) is 2. The largest absolute Gasteiger partial charge is 0.493 e. The van der Waals surface area contributed by atoms with E-state index in [0.29, 0.717) is 30.4 Å². The fourth-order valence-electron chi connectivity index (χ4n) is 2.05. The van der Waals surface area contributed by atoms with Crippen molar-refractivity contribution in [3.05, 3.63) is 41.6 Å². The summed E-state index contributed by atoms with van der Waals surface area (Å²) in [4.78, 5) is 16.0. The second-order valence-electron chi connectivity index (χ2n) is 5.05. The lowest BCUT2D eigenvalue weighted by Gasteiger charge is -2.09. The smallest absolute Gasteiger partial charge is 0.273 e. The Labute approximate surface area is 134 Å². The lowest BCUT2D eigenvalue weighted by molar-refractivity contribution is 0.0949. The van der Waals surface area contributed by atoms with E-state index in [-0.39, 0.29) is 17.6 Å². The monoisotopic (exact) mass is 319 g/mol. The minimum Gasteiger partial charge on any atom is -0.493 e. The van der Waals surface area contributed by atoms with Crippen molar-refractivity contribution in [1.82, 2.24) is 10.3 Å². The Morgan fingerprint density at radius 2 is 2.09 bits per heavy atom. The first kappa shape index (κ1) is 16.8. The molecule has 7 nitrogen and oxygen atoms in total. The van der Waals surface area contributed by atoms with Crippen LogP contribution in [-0.4, -0.2) is 31.7 Å². The van der Waals surface area contributed by atoms with Gasteiger partial charge >= 0.3 is 0 Å². The number of methoxy groups -OCH3 is 2. The van der Waals surface area contributed by atoms with E-state index in [1.54, 1.807) is 21.1 Å². The number of rotatable bonds is 7. The van der Waals surface area contributed by atoms with Gasteiger partial charge in [0.15, 0.2) is 17.2 Å². The summed E-state index contributed by atoms with van der Waals surface area (Å²) in [6.45, 7) is 2.21. The fraction of sp³-hybridized carbons (Fsp3) is 0.375. The lowest BCUT2D eigenvalue weighted by Crippen LogP contribution is -2.26. The Hall–Kier alpha value is -2.54. The number of benzene rings is 1. The first-order chi connectivity index (χ1) is 11.0. The van der Waals surface area contributed by atoms with Gasteiger partial charge in [-0.3, -0.25) is 4.79 Å². The first-order valence-corrected chi connectivity index (χ1v) is 7.25. The average Bonchev–Trinajstić information content (AvgIpc) is 3.05. The van der Waals surface area contributed by atoms with Gasteiger partial charge in [0.25, 0.3) is 5.91 Å². The number of oxazole rings is 1. The molecule has 0 radical (unpaired) electrons. The van der Waals surface area contributed by atoms with E-state index < -0.39 is 0 Å². The molecule has 0 bridgehead atoms. The van der Waals surface area contributed by atoms with Crippen molar-refractivity contribution in [2.24, 2.45) is 5.73 Å². The molecule has 7 heteroatoms. The molecule has 0 aliphatic carbocycles. The van der Waals surface area contributed by atoms with Crippen molar-refractivity contribution < 1.29 is 18.7 Å². The molecule has 0 aliphatic heterocycles. The Kier molecular flexibility index (Phi) is 5.59. The van der Waals surface area contributed by atoms with Crippen LogP contribution < -0.4 is 20.5 Å². The van der Waals surface area contributed by atoms with Gasteiger partial charge in [-0.25, -0.2) is 4.98 Å². The van der Waals surface area contributed by atoms with E-state index in [0.717, 1.165) is 5.56 Å². The van der Waals surface area contributed by atoms with Gasteiger partial charge in [0.05, 0.1) is 20.3 Å². The molecule has 0 fully saturated rings. The highest BCUT2D eigenvalue weighted by atomic mass is 16.5. The molecular formula is C16H21N3O4. The summed E-state index contributed by atoms with van der Waals surface area (Å²) < 4.78 is 15.6. The van der Waals surface area contributed by atoms with Gasteiger partial charge in [0, 0.05) is 6.54 Å². The molecule has 0 saturated carbocycles. The molecule has 2 rings (SSSR count). The number of carbonyl (C=O) groups excluding carboxylic acids is 1. The summed E-state index contributed by atoms with van der Waals surface area (Å²) in [5.74, 6) is 1.39. The fourth-order valence-corrected chi connectivity index (χ4v) is 2.05. The van der Waals surface area contributed by atoms with Crippen LogP contribution in [0, 0.1) is 0 Å². The van der Waals surface area contributed by atoms with Gasteiger partial charge in [-0.05, 0) is 31.0 Å². The highest BCUT2D eigenvalue weighted by molar-refractivity contribution is 5.91. The van der Waals surface area contributed by atoms with E-state index in [1.807, 2.05) is 18.2 Å². The van der Waals surface area contributed by atoms with Gasteiger partial charge in [-0.2, -0.15) is 0 Å². The van der Waals surface area contributed by atoms with Crippen LogP contribution in [-0.2, 0) is 6.42 Å². The highest BCUT2D eigenvalue weighted by Gasteiger charge is 2.14. The third-order valence-electron chi connectivity index (χ3n) is 3.29. The number of nitrogens with zero attached hydrogens (tertiary/aromatic N) is 1. The number of aromatic nitrogens is 1. The molecule has 3 N–H and O–H groups in total. The van der Waals surface area contributed by atoms with Crippen LogP contribution in [0.15, 0.2) is 28.9 Å². The third kappa shape index (κ3) is 4.23. The summed E-state index contributed by atoms with van der Waals surface area (Å²) in [5, 5.41) is 2.79. The minimum atomic E-state index is -0.344. The minimum absolute atomic E-state index is 0.226. The number of carbonyl (C=O) groups is 1. The van der Waals surface area contributed by atoms with Crippen LogP contribution >= 0.6 is 0 Å². The summed E-state index contributed by atoms with van der Waals surface area (Å²) in [5.41, 5.74) is 6.90. The number of ether oxygens (including phenoxy) is 2. The van der Waals surface area contributed by atoms with E-state index in [9.17, 15) is 4.79 Å². The average molecular weight is 319 g/mol. The molecule has 0 aliphatic rings. The second kappa shape index (κ2) is 7.64. The number of hydrogen-bond acceptors (Lipinski definition) is 6. The van der Waals surface area contributed by atoms with Crippen molar-refractivity contribution >= 4 is 5.91 Å². The topological polar surface area (TPSA) is 99.6 Å². The summed E-state index contributed by atoms with van der Waals surface area (Å²) in [7, 11) is 3.18. The Morgan fingerprint density at radius 3 is 2.70 bits per heavy atom. The molecule has 1 amide bonds. The van der Waals surface area contributed by atoms with Crippen molar-refractivity contribution in [1.29, 1.82) is 0 Å². The Balaban J connectivity index is 1.90. The molecule has 0 spiro atoms. The van der Waals surface area contributed by atoms with Crippen LogP contribution in [0.25, 0.3) is 0 Å². The van der Waals surface area contributed by atoms with Crippen LogP contribution in [0.4, 0.5) is 0 Å². The molecule has 1 aromatic heterocycles. The maximum absolute atomic E-state index is 12.0. The van der Waals surface area contributed by atoms with Crippen molar-refractivity contribution in [2.75, 3.05) is 20.8 Å². The second-order valence-corrected chi connectivity index (χ2v) is 5.05. The molecule has 124 valence electrons. The van der Waals surface area contributed by atoms with Gasteiger partial charge < -0.3 is 24.9 Å². The number of nitrogens with two attached hydrogens (primary N) is 1. The molecular weight excluding hydrogens is 298 g/mol. The van der Waals surface area contributed by atoms with Gasteiger partial charge in [-0.15, -0.1) is 0 Å². The predicted molar refractivity (Wildman–Crippen MR) is 84.7 cm³/mol. The SMILES string of the molecule is COc1ccc(CCNC(=O)c2coc(C(C)N)n2)cc1OC. The molecule has 1 atom stereocenters. The zero-order valence-corrected chi connectivity index (χ0v) is 13.5. The standard InChI is InChI=1S/C16H21N3O4/c1-10(17)16-19-12(9-23-16)15(20)18-7-6-11-4-5-13(21-2)14(8-11)22-3/h4-5,8-10H,6-7,17H2,1-3H3,(H,18,20). The Bertz CT molecular complexity index is 667. The highest BCUT2D eigenvalue weighted by Crippen LogP contribution is 2.27. The Morgan fingerprint density at radius 1 is 1.35 bits per heavy atom. The summed E-state index contributed by atoms with van der Waals surface area (Å²) in [6.07, 6.45) is 1.97. The molecule has 1 heterocycles. The molecule has 1 unspecified atom stereocenters. The first-order valence-electron chi connectivity index (χ1n) is 7.25. The third-order valence-corrected chi connectivity index (χ3v) is 3.29. The van der Waals surface area contributed by atoms with Crippen LogP contribution in [0.1, 0.15) is 34.9 Å². The quantitative estimate of drug-likeness (QED) is 0.805. The maximum atomic E-state index is 12.0. The van der Waals surface area contributed by atoms with Gasteiger partial charge in [-0.1, -0.05) is 6.07 Å². The van der Waals surface area contributed by atoms with E-state index >= 15 is 0 Å². The summed E-state index contributed by atoms with van der Waals surface area (Å²) in [6, 6.07) is 5.30. The summed E-state index contributed by atoms with van der Waals surface area (Å²) >= 11 is 0. The van der Waals surface area contributed by atoms with Crippen LogP contribution in [0.5, 0.6) is 11.5 Å². The van der Waals surface area contributed by atoms with Gasteiger partial charge in [0.1, 0.15) is 6.26 Å². The zero-order chi connectivity index (χ0) is 16.8. The van der Waals surface area contributed by atoms with Gasteiger partial charge in [0.2, 0.25) is 5.89 Å². The normalized spacial score (nSPS) is 11.8. The molecule has 1 aromatic carbocycles. The van der Waals surface area contributed by atoms with E-state index in [2.05, 4.69) is 10.3 Å². The van der Waals surface area contributed by atoms with E-state index in [1.165, 1.54) is 6.26 Å². The number of amides is 1. The zero-order valence-electron chi connectivity index (χ0n) is 13.5. The van der Waals surface area contributed by atoms with Crippen LogP contribution in [0.2, 0.25) is 0 Å². The van der Waals surface area contributed by atoms with Crippen molar-refractivity contribution in [2.45, 2.75) is 19.4 Å². The van der Waals surface area contributed by atoms with Crippen molar-refractivity contribution in [3.63, 3.8) is 0 Å². The molecule has 2 aromatic rings. The molecule has 0 saturated heterocycles. The van der Waals surface area contributed by atoms with E-state index in [4.69, 9.17) is 19.6 Å².